The molecular formula is C10H15N3O3. The fourth-order valence-corrected chi connectivity index (χ4v) is 1.80. The molecule has 1 aromatic rings. The number of carbonyl (C=O) groups is 1. The number of aliphatic hydroxyl groups is 1. The smallest absolute Gasteiger partial charge is 0.341 e. The van der Waals surface area contributed by atoms with Crippen LogP contribution in [-0.2, 0) is 18.2 Å². The fourth-order valence-electron chi connectivity index (χ4n) is 1.80. The van der Waals surface area contributed by atoms with Crippen LogP contribution in [0, 0.1) is 0 Å². The summed E-state index contributed by atoms with van der Waals surface area (Å²) in [6, 6.07) is 0. The van der Waals surface area contributed by atoms with Crippen LogP contribution in [0.3, 0.4) is 0 Å². The van der Waals surface area contributed by atoms with Crippen LogP contribution in [-0.4, -0.2) is 46.7 Å². The minimum Gasteiger partial charge on any atom is -0.465 e. The van der Waals surface area contributed by atoms with E-state index in [1.54, 1.807) is 11.7 Å². The van der Waals surface area contributed by atoms with E-state index in [1.165, 1.54) is 13.3 Å². The second-order valence-electron chi connectivity index (χ2n) is 4.12. The molecule has 16 heavy (non-hydrogen) atoms. The standard InChI is InChI=1S/C10H15N3O3/c1-13-8(3-10(15)5-11-6-10)7(4-12-13)9(14)16-2/h4,11,15H,3,5-6H2,1-2H3. The summed E-state index contributed by atoms with van der Waals surface area (Å²) in [5.41, 5.74) is 0.359. The van der Waals surface area contributed by atoms with Gasteiger partial charge in [-0.25, -0.2) is 4.79 Å². The molecule has 2 N–H and O–H groups in total. The Hall–Kier alpha value is -1.40. The van der Waals surface area contributed by atoms with Crippen molar-refractivity contribution in [3.63, 3.8) is 0 Å². The van der Waals surface area contributed by atoms with Crippen molar-refractivity contribution in [2.45, 2.75) is 12.0 Å². The average Bonchev–Trinajstić information content (AvgIpc) is 2.57. The van der Waals surface area contributed by atoms with Crippen LogP contribution < -0.4 is 5.32 Å². The molecule has 6 heteroatoms. The third-order valence-electron chi connectivity index (χ3n) is 2.87. The normalized spacial score (nSPS) is 17.9. The highest BCUT2D eigenvalue weighted by molar-refractivity contribution is 5.90. The minimum atomic E-state index is -0.767. The van der Waals surface area contributed by atoms with Gasteiger partial charge < -0.3 is 15.2 Å². The first-order chi connectivity index (χ1) is 7.56. The highest BCUT2D eigenvalue weighted by Crippen LogP contribution is 2.20. The third-order valence-corrected chi connectivity index (χ3v) is 2.87. The summed E-state index contributed by atoms with van der Waals surface area (Å²) >= 11 is 0. The van der Waals surface area contributed by atoms with Gasteiger partial charge >= 0.3 is 5.97 Å². The van der Waals surface area contributed by atoms with Crippen molar-refractivity contribution in [3.05, 3.63) is 17.5 Å². The van der Waals surface area contributed by atoms with E-state index >= 15 is 0 Å². The molecule has 2 rings (SSSR count). The largest absolute Gasteiger partial charge is 0.465 e. The van der Waals surface area contributed by atoms with Gasteiger partial charge in [0.2, 0.25) is 0 Å². The lowest BCUT2D eigenvalue weighted by atomic mass is 9.90. The van der Waals surface area contributed by atoms with Gasteiger partial charge in [0.1, 0.15) is 5.56 Å². The van der Waals surface area contributed by atoms with Crippen LogP contribution in [0.25, 0.3) is 0 Å². The zero-order chi connectivity index (χ0) is 11.8. The molecule has 1 aliphatic heterocycles. The Morgan fingerprint density at radius 1 is 1.75 bits per heavy atom. The van der Waals surface area contributed by atoms with Crippen molar-refractivity contribution in [3.8, 4) is 0 Å². The minimum absolute atomic E-state index is 0.404. The fraction of sp³-hybridized carbons (Fsp3) is 0.600. The van der Waals surface area contributed by atoms with E-state index in [2.05, 4.69) is 15.2 Å². The molecule has 0 atom stereocenters. The molecule has 0 aromatic carbocycles. The van der Waals surface area contributed by atoms with E-state index in [0.29, 0.717) is 30.8 Å². The number of nitrogens with zero attached hydrogens (tertiary/aromatic N) is 2. The van der Waals surface area contributed by atoms with E-state index in [0.717, 1.165) is 0 Å². The van der Waals surface area contributed by atoms with Gasteiger partial charge in [-0.15, -0.1) is 0 Å². The van der Waals surface area contributed by atoms with Gasteiger partial charge in [-0.05, 0) is 0 Å². The number of hydrogen-bond donors (Lipinski definition) is 2. The van der Waals surface area contributed by atoms with Gasteiger partial charge in [-0.2, -0.15) is 5.10 Å². The first-order valence-electron chi connectivity index (χ1n) is 5.08. The maximum absolute atomic E-state index is 11.5. The van der Waals surface area contributed by atoms with E-state index < -0.39 is 11.6 Å². The van der Waals surface area contributed by atoms with Gasteiger partial charge in [0.05, 0.1) is 24.6 Å². The number of aromatic nitrogens is 2. The first-order valence-corrected chi connectivity index (χ1v) is 5.08. The number of methoxy groups -OCH3 is 1. The summed E-state index contributed by atoms with van der Waals surface area (Å²) in [5.74, 6) is -0.418. The van der Waals surface area contributed by atoms with Crippen molar-refractivity contribution in [2.24, 2.45) is 7.05 Å². The second-order valence-corrected chi connectivity index (χ2v) is 4.12. The number of rotatable bonds is 3. The Bertz CT molecular complexity index is 409. The van der Waals surface area contributed by atoms with E-state index in [-0.39, 0.29) is 0 Å². The Labute approximate surface area is 93.2 Å². The molecular weight excluding hydrogens is 210 g/mol. The Morgan fingerprint density at radius 2 is 2.44 bits per heavy atom. The first kappa shape index (κ1) is 11.1. The van der Waals surface area contributed by atoms with Crippen molar-refractivity contribution in [1.82, 2.24) is 15.1 Å². The van der Waals surface area contributed by atoms with Crippen LogP contribution in [0.5, 0.6) is 0 Å². The summed E-state index contributed by atoms with van der Waals surface area (Å²) in [7, 11) is 3.08. The van der Waals surface area contributed by atoms with Gasteiger partial charge in [0.25, 0.3) is 0 Å². The Balaban J connectivity index is 2.24. The molecule has 6 nitrogen and oxygen atoms in total. The average molecular weight is 225 g/mol. The number of nitrogens with one attached hydrogen (secondary N) is 1. The molecule has 0 spiro atoms. The van der Waals surface area contributed by atoms with Gasteiger partial charge in [0, 0.05) is 26.6 Å². The maximum atomic E-state index is 11.5. The molecule has 0 aliphatic carbocycles. The summed E-state index contributed by atoms with van der Waals surface area (Å²) in [6.07, 6.45) is 1.87. The molecule has 1 aliphatic rings. The number of ether oxygens (including phenoxy) is 1. The molecule has 0 unspecified atom stereocenters. The quantitative estimate of drug-likeness (QED) is 0.651. The van der Waals surface area contributed by atoms with E-state index in [4.69, 9.17) is 0 Å². The summed E-state index contributed by atoms with van der Waals surface area (Å²) in [6.45, 7) is 1.08. The van der Waals surface area contributed by atoms with Crippen LogP contribution in [0.1, 0.15) is 16.1 Å². The van der Waals surface area contributed by atoms with Crippen molar-refractivity contribution in [1.29, 1.82) is 0 Å². The van der Waals surface area contributed by atoms with Gasteiger partial charge in [0.15, 0.2) is 0 Å². The molecule has 0 saturated carbocycles. The van der Waals surface area contributed by atoms with Crippen molar-refractivity contribution < 1.29 is 14.6 Å². The van der Waals surface area contributed by atoms with E-state index in [9.17, 15) is 9.90 Å². The Morgan fingerprint density at radius 3 is 2.94 bits per heavy atom. The zero-order valence-electron chi connectivity index (χ0n) is 9.36. The van der Waals surface area contributed by atoms with Gasteiger partial charge in [-0.3, -0.25) is 4.68 Å². The predicted octanol–water partition coefficient (Wildman–Crippen LogP) is -0.917. The van der Waals surface area contributed by atoms with Crippen LogP contribution in [0.2, 0.25) is 0 Å². The van der Waals surface area contributed by atoms with Crippen molar-refractivity contribution >= 4 is 5.97 Å². The number of carbonyl (C=O) groups excluding carboxylic acids is 1. The monoisotopic (exact) mass is 225 g/mol. The third kappa shape index (κ3) is 1.81. The zero-order valence-corrected chi connectivity index (χ0v) is 9.36. The van der Waals surface area contributed by atoms with E-state index in [1.807, 2.05) is 0 Å². The Kier molecular flexibility index (Phi) is 2.69. The highest BCUT2D eigenvalue weighted by Gasteiger charge is 2.36. The second kappa shape index (κ2) is 3.88. The lowest BCUT2D eigenvalue weighted by Gasteiger charge is -2.37. The number of esters is 1. The molecule has 88 valence electrons. The van der Waals surface area contributed by atoms with Crippen molar-refractivity contribution in [2.75, 3.05) is 20.2 Å². The molecule has 0 radical (unpaired) electrons. The molecule has 0 bridgehead atoms. The van der Waals surface area contributed by atoms with Crippen LogP contribution in [0.4, 0.5) is 0 Å². The maximum Gasteiger partial charge on any atom is 0.341 e. The lowest BCUT2D eigenvalue weighted by Crippen LogP contribution is -2.61. The molecule has 1 fully saturated rings. The summed E-state index contributed by atoms with van der Waals surface area (Å²) in [5, 5.41) is 17.0. The summed E-state index contributed by atoms with van der Waals surface area (Å²) in [4.78, 5) is 11.5. The summed E-state index contributed by atoms with van der Waals surface area (Å²) < 4.78 is 6.27. The number of hydrogen-bond acceptors (Lipinski definition) is 5. The number of β-amino-alcohol motifs (C(OH)–C–C–N with tert-alkyl or cyclic N) is 1. The molecule has 2 heterocycles. The number of aryl methyl sites for hydroxylation is 1. The molecule has 1 saturated heterocycles. The molecule has 1 aromatic heterocycles. The SMILES string of the molecule is COC(=O)c1cnn(C)c1CC1(O)CNC1. The predicted molar refractivity (Wildman–Crippen MR) is 56.1 cm³/mol. The lowest BCUT2D eigenvalue weighted by molar-refractivity contribution is -0.0107. The topological polar surface area (TPSA) is 76.4 Å². The van der Waals surface area contributed by atoms with Gasteiger partial charge in [-0.1, -0.05) is 0 Å². The molecule has 0 amide bonds. The van der Waals surface area contributed by atoms with Crippen LogP contribution in [0.15, 0.2) is 6.20 Å². The highest BCUT2D eigenvalue weighted by atomic mass is 16.5. The van der Waals surface area contributed by atoms with Crippen LogP contribution >= 0.6 is 0 Å².